The average Bonchev–Trinajstić information content (AvgIpc) is 2.52. The van der Waals surface area contributed by atoms with Gasteiger partial charge in [-0.1, -0.05) is 30.3 Å². The van der Waals surface area contributed by atoms with Gasteiger partial charge in [0.05, 0.1) is 5.56 Å². The Hall–Kier alpha value is -2.75. The third kappa shape index (κ3) is 3.13. The molecule has 0 unspecified atom stereocenters. The van der Waals surface area contributed by atoms with Crippen LogP contribution in [0.15, 0.2) is 42.5 Å². The summed E-state index contributed by atoms with van der Waals surface area (Å²) in [6.45, 7) is 3.83. The molecule has 3 rings (SSSR count). The number of hydrogen-bond donors (Lipinski definition) is 2. The minimum atomic E-state index is -1.13. The number of carboxylic acid groups (broad SMARTS) is 1. The van der Waals surface area contributed by atoms with Crippen LogP contribution < -0.4 is 4.74 Å². The van der Waals surface area contributed by atoms with Gasteiger partial charge < -0.3 is 14.9 Å². The van der Waals surface area contributed by atoms with E-state index >= 15 is 0 Å². The molecule has 0 aromatic heterocycles. The zero-order valence-electron chi connectivity index (χ0n) is 13.7. The third-order valence-corrected chi connectivity index (χ3v) is 4.15. The lowest BCUT2D eigenvalue weighted by atomic mass is 9.93. The summed E-state index contributed by atoms with van der Waals surface area (Å²) in [5, 5.41) is 20.0. The van der Waals surface area contributed by atoms with Gasteiger partial charge in [0.2, 0.25) is 0 Å². The SMILES string of the molecule is CC1(C)C=Cc2c(cc(CCc3ccccc3)c(C(=O)O)c2O)O1. The van der Waals surface area contributed by atoms with Crippen LogP contribution in [0.1, 0.15) is 40.9 Å². The Bertz CT molecular complexity index is 804. The van der Waals surface area contributed by atoms with Crippen molar-refractivity contribution in [2.75, 3.05) is 0 Å². The summed E-state index contributed by atoms with van der Waals surface area (Å²) in [7, 11) is 0. The molecule has 0 bridgehead atoms. The first kappa shape index (κ1) is 16.1. The Morgan fingerprint density at radius 1 is 1.17 bits per heavy atom. The number of aryl methyl sites for hydroxylation is 2. The van der Waals surface area contributed by atoms with Gasteiger partial charge in [0.1, 0.15) is 22.7 Å². The molecule has 0 atom stereocenters. The molecular formula is C20H20O4. The number of aromatic hydroxyl groups is 1. The molecule has 4 nitrogen and oxygen atoms in total. The fourth-order valence-electron chi connectivity index (χ4n) is 2.92. The molecular weight excluding hydrogens is 304 g/mol. The van der Waals surface area contributed by atoms with E-state index in [1.54, 1.807) is 12.1 Å². The zero-order valence-corrected chi connectivity index (χ0v) is 13.7. The molecule has 1 heterocycles. The second kappa shape index (κ2) is 6.04. The van der Waals surface area contributed by atoms with Gasteiger partial charge in [-0.2, -0.15) is 0 Å². The fraction of sp³-hybridized carbons (Fsp3) is 0.250. The van der Waals surface area contributed by atoms with E-state index in [4.69, 9.17) is 4.74 Å². The molecule has 124 valence electrons. The van der Waals surface area contributed by atoms with Gasteiger partial charge in [-0.25, -0.2) is 4.79 Å². The molecule has 2 aromatic carbocycles. The molecule has 0 saturated heterocycles. The Balaban J connectivity index is 2.00. The van der Waals surface area contributed by atoms with Gasteiger partial charge in [0, 0.05) is 0 Å². The zero-order chi connectivity index (χ0) is 17.3. The molecule has 24 heavy (non-hydrogen) atoms. The quantitative estimate of drug-likeness (QED) is 0.890. The largest absolute Gasteiger partial charge is 0.506 e. The van der Waals surface area contributed by atoms with Crippen molar-refractivity contribution in [3.05, 3.63) is 64.7 Å². The predicted molar refractivity (Wildman–Crippen MR) is 92.7 cm³/mol. The first-order valence-electron chi connectivity index (χ1n) is 7.92. The van der Waals surface area contributed by atoms with Crippen molar-refractivity contribution in [3.63, 3.8) is 0 Å². The van der Waals surface area contributed by atoms with E-state index < -0.39 is 11.6 Å². The van der Waals surface area contributed by atoms with Gasteiger partial charge in [0.15, 0.2) is 0 Å². The average molecular weight is 324 g/mol. The number of benzene rings is 2. The Morgan fingerprint density at radius 2 is 1.88 bits per heavy atom. The van der Waals surface area contributed by atoms with Crippen LogP contribution in [0.2, 0.25) is 0 Å². The lowest BCUT2D eigenvalue weighted by Gasteiger charge is -2.29. The van der Waals surface area contributed by atoms with E-state index in [0.29, 0.717) is 29.7 Å². The summed E-state index contributed by atoms with van der Waals surface area (Å²) >= 11 is 0. The summed E-state index contributed by atoms with van der Waals surface area (Å²) in [6.07, 6.45) is 4.74. The van der Waals surface area contributed by atoms with Crippen LogP contribution in [0.3, 0.4) is 0 Å². The molecule has 1 aliphatic heterocycles. The molecule has 4 heteroatoms. The number of rotatable bonds is 4. The second-order valence-corrected chi connectivity index (χ2v) is 6.50. The second-order valence-electron chi connectivity index (χ2n) is 6.50. The lowest BCUT2D eigenvalue weighted by molar-refractivity contribution is 0.0692. The number of hydrogen-bond acceptors (Lipinski definition) is 3. The maximum absolute atomic E-state index is 11.6. The first-order chi connectivity index (χ1) is 11.4. The molecule has 0 amide bonds. The maximum Gasteiger partial charge on any atom is 0.339 e. The van der Waals surface area contributed by atoms with E-state index in [0.717, 1.165) is 5.56 Å². The van der Waals surface area contributed by atoms with Crippen LogP contribution in [0, 0.1) is 0 Å². The van der Waals surface area contributed by atoms with Crippen LogP contribution >= 0.6 is 0 Å². The summed E-state index contributed by atoms with van der Waals surface area (Å²) in [6, 6.07) is 11.6. The Morgan fingerprint density at radius 3 is 2.54 bits per heavy atom. The third-order valence-electron chi connectivity index (χ3n) is 4.15. The molecule has 2 N–H and O–H groups in total. The molecule has 0 spiro atoms. The number of fused-ring (bicyclic) bond motifs is 1. The highest BCUT2D eigenvalue weighted by Gasteiger charge is 2.28. The number of carboxylic acids is 1. The van der Waals surface area contributed by atoms with Crippen molar-refractivity contribution in [2.24, 2.45) is 0 Å². The summed E-state index contributed by atoms with van der Waals surface area (Å²) in [5.41, 5.74) is 1.59. The fourth-order valence-corrected chi connectivity index (χ4v) is 2.92. The monoisotopic (exact) mass is 324 g/mol. The first-order valence-corrected chi connectivity index (χ1v) is 7.92. The predicted octanol–water partition coefficient (Wildman–Crippen LogP) is 4.06. The molecule has 0 radical (unpaired) electrons. The maximum atomic E-state index is 11.6. The van der Waals surface area contributed by atoms with E-state index in [1.807, 2.05) is 50.3 Å². The van der Waals surface area contributed by atoms with Crippen LogP contribution in [-0.4, -0.2) is 21.8 Å². The van der Waals surface area contributed by atoms with Gasteiger partial charge in [-0.15, -0.1) is 0 Å². The van der Waals surface area contributed by atoms with Crippen LogP contribution in [0.5, 0.6) is 11.5 Å². The molecule has 0 fully saturated rings. The standard InChI is InChI=1S/C20H20O4/c1-20(2)11-10-15-16(24-20)12-14(17(18(15)21)19(22)23)9-8-13-6-4-3-5-7-13/h3-7,10-12,21H,8-9H2,1-2H3,(H,22,23). The topological polar surface area (TPSA) is 66.8 Å². The highest BCUT2D eigenvalue weighted by molar-refractivity contribution is 5.95. The van der Waals surface area contributed by atoms with E-state index in [1.165, 1.54) is 0 Å². The van der Waals surface area contributed by atoms with Crippen LogP contribution in [0.25, 0.3) is 6.08 Å². The number of ether oxygens (including phenoxy) is 1. The van der Waals surface area contributed by atoms with Gasteiger partial charge in [0.25, 0.3) is 0 Å². The van der Waals surface area contributed by atoms with E-state index in [-0.39, 0.29) is 11.3 Å². The highest BCUT2D eigenvalue weighted by atomic mass is 16.5. The lowest BCUT2D eigenvalue weighted by Crippen LogP contribution is -2.27. The smallest absolute Gasteiger partial charge is 0.339 e. The van der Waals surface area contributed by atoms with E-state index in [9.17, 15) is 15.0 Å². The normalized spacial score (nSPS) is 14.8. The minimum absolute atomic E-state index is 0.0439. The molecule has 0 saturated carbocycles. The molecule has 0 aliphatic carbocycles. The Labute approximate surface area is 141 Å². The van der Waals surface area contributed by atoms with Crippen molar-refractivity contribution in [1.29, 1.82) is 0 Å². The number of phenols is 1. The molecule has 1 aliphatic rings. The van der Waals surface area contributed by atoms with Crippen molar-refractivity contribution < 1.29 is 19.7 Å². The van der Waals surface area contributed by atoms with Crippen molar-refractivity contribution in [3.8, 4) is 11.5 Å². The van der Waals surface area contributed by atoms with Gasteiger partial charge >= 0.3 is 5.97 Å². The van der Waals surface area contributed by atoms with Crippen LogP contribution in [-0.2, 0) is 12.8 Å². The van der Waals surface area contributed by atoms with E-state index in [2.05, 4.69) is 0 Å². The number of carbonyl (C=O) groups is 1. The minimum Gasteiger partial charge on any atom is -0.506 e. The van der Waals surface area contributed by atoms with Crippen molar-refractivity contribution >= 4 is 12.0 Å². The number of aromatic carboxylic acids is 1. The van der Waals surface area contributed by atoms with Gasteiger partial charge in [-0.05, 0) is 56.0 Å². The molecule has 2 aromatic rings. The Kier molecular flexibility index (Phi) is 4.06. The van der Waals surface area contributed by atoms with Gasteiger partial charge in [-0.3, -0.25) is 0 Å². The van der Waals surface area contributed by atoms with Crippen molar-refractivity contribution in [1.82, 2.24) is 0 Å². The summed E-state index contributed by atoms with van der Waals surface area (Å²) in [4.78, 5) is 11.6. The summed E-state index contributed by atoms with van der Waals surface area (Å²) < 4.78 is 5.89. The summed E-state index contributed by atoms with van der Waals surface area (Å²) in [5.74, 6) is -0.834. The van der Waals surface area contributed by atoms with Crippen LogP contribution in [0.4, 0.5) is 0 Å². The van der Waals surface area contributed by atoms with Crippen molar-refractivity contribution in [2.45, 2.75) is 32.3 Å². The highest BCUT2D eigenvalue weighted by Crippen LogP contribution is 2.40.